The molecule has 7 rings (SSSR count). The quantitative estimate of drug-likeness (QED) is 0.266. The number of amides is 1. The van der Waals surface area contributed by atoms with Gasteiger partial charge in [0.05, 0.1) is 60.8 Å². The van der Waals surface area contributed by atoms with Gasteiger partial charge in [-0.3, -0.25) is 19.3 Å². The number of piperidine rings is 1. The first-order chi connectivity index (χ1) is 22.5. The van der Waals surface area contributed by atoms with Crippen LogP contribution in [-0.2, 0) is 16.6 Å². The van der Waals surface area contributed by atoms with Gasteiger partial charge in [0, 0.05) is 75.4 Å². The van der Waals surface area contributed by atoms with E-state index in [-0.39, 0.29) is 5.91 Å². The van der Waals surface area contributed by atoms with Gasteiger partial charge in [0.1, 0.15) is 17.9 Å². The van der Waals surface area contributed by atoms with Gasteiger partial charge >= 0.3 is 0 Å². The Balaban J connectivity index is 1.08. The van der Waals surface area contributed by atoms with Crippen molar-refractivity contribution in [2.75, 3.05) is 75.1 Å². The molecule has 0 aliphatic carbocycles. The van der Waals surface area contributed by atoms with E-state index < -0.39 is 0 Å². The number of rotatable bonds is 9. The van der Waals surface area contributed by atoms with Crippen LogP contribution in [0.4, 0.5) is 22.9 Å². The number of hydrogen-bond donors (Lipinski definition) is 2. The van der Waals surface area contributed by atoms with Gasteiger partial charge in [-0.25, -0.2) is 9.97 Å². The van der Waals surface area contributed by atoms with Gasteiger partial charge in [0.25, 0.3) is 0 Å². The molecule has 0 saturated carbocycles. The van der Waals surface area contributed by atoms with E-state index in [0.717, 1.165) is 93.2 Å². The van der Waals surface area contributed by atoms with Crippen LogP contribution < -0.4 is 20.3 Å². The lowest BCUT2D eigenvalue weighted by atomic mass is 10.0. The smallest absolute Gasteiger partial charge is 0.247 e. The number of fused-ring (bicyclic) bond motifs is 1. The van der Waals surface area contributed by atoms with Crippen LogP contribution in [-0.4, -0.2) is 107 Å². The zero-order valence-corrected chi connectivity index (χ0v) is 26.5. The molecule has 4 aromatic rings. The Labute approximate surface area is 269 Å². The number of carbonyl (C=O) groups is 1. The van der Waals surface area contributed by atoms with Crippen LogP contribution >= 0.6 is 0 Å². The number of piperazine rings is 1. The Hall–Kier alpha value is -4.52. The first-order valence-electron chi connectivity index (χ1n) is 16.0. The van der Waals surface area contributed by atoms with E-state index in [2.05, 4.69) is 53.0 Å². The highest BCUT2D eigenvalue weighted by Crippen LogP contribution is 2.40. The van der Waals surface area contributed by atoms with E-state index in [0.29, 0.717) is 35.0 Å². The molecule has 0 unspecified atom stereocenters. The second-order valence-electron chi connectivity index (χ2n) is 12.2. The molecule has 3 aliphatic heterocycles. The maximum absolute atomic E-state index is 12.6. The van der Waals surface area contributed by atoms with Crippen molar-refractivity contribution in [1.82, 2.24) is 29.5 Å². The lowest BCUT2D eigenvalue weighted by Gasteiger charge is -2.46. The number of benzene rings is 2. The molecule has 1 amide bonds. The molecule has 0 radical (unpaired) electrons. The first kappa shape index (κ1) is 30.2. The van der Waals surface area contributed by atoms with E-state index in [1.807, 2.05) is 48.3 Å². The van der Waals surface area contributed by atoms with Gasteiger partial charge < -0.3 is 25.0 Å². The van der Waals surface area contributed by atoms with E-state index in [4.69, 9.17) is 9.47 Å². The Morgan fingerprint density at radius 3 is 2.43 bits per heavy atom. The van der Waals surface area contributed by atoms with Gasteiger partial charge in [-0.15, -0.1) is 0 Å². The molecular formula is C34H41N9O3. The molecule has 3 saturated heterocycles. The molecule has 0 spiro atoms. The summed E-state index contributed by atoms with van der Waals surface area (Å²) in [5, 5.41) is 11.8. The molecule has 0 atom stereocenters. The maximum atomic E-state index is 12.6. The van der Waals surface area contributed by atoms with Gasteiger partial charge in [-0.1, -0.05) is 12.6 Å². The highest BCUT2D eigenvalue weighted by molar-refractivity contribution is 6.02. The zero-order valence-electron chi connectivity index (χ0n) is 26.5. The van der Waals surface area contributed by atoms with Crippen LogP contribution in [0.1, 0.15) is 12.8 Å². The third kappa shape index (κ3) is 6.15. The van der Waals surface area contributed by atoms with Crippen molar-refractivity contribution in [1.29, 1.82) is 0 Å². The number of nitrogens with zero attached hydrogens (tertiary/aromatic N) is 7. The highest BCUT2D eigenvalue weighted by Gasteiger charge is 2.33. The molecule has 240 valence electrons. The highest BCUT2D eigenvalue weighted by atomic mass is 16.5. The molecular weight excluding hydrogens is 582 g/mol. The summed E-state index contributed by atoms with van der Waals surface area (Å²) in [4.78, 5) is 29.1. The van der Waals surface area contributed by atoms with Crippen molar-refractivity contribution in [3.63, 3.8) is 0 Å². The van der Waals surface area contributed by atoms with Crippen LogP contribution in [0.25, 0.3) is 22.2 Å². The monoisotopic (exact) mass is 623 g/mol. The summed E-state index contributed by atoms with van der Waals surface area (Å²) in [5.74, 6) is 0.993. The molecule has 2 aromatic carbocycles. The fourth-order valence-corrected chi connectivity index (χ4v) is 6.80. The number of aryl methyl sites for hydroxylation is 1. The van der Waals surface area contributed by atoms with E-state index in [1.165, 1.54) is 12.4 Å². The Morgan fingerprint density at radius 2 is 1.74 bits per heavy atom. The van der Waals surface area contributed by atoms with Crippen LogP contribution in [0.5, 0.6) is 5.75 Å². The summed E-state index contributed by atoms with van der Waals surface area (Å²) in [6.07, 6.45) is 6.81. The Kier molecular flexibility index (Phi) is 8.57. The van der Waals surface area contributed by atoms with Crippen molar-refractivity contribution >= 4 is 39.7 Å². The fraction of sp³-hybridized carbons (Fsp3) is 0.412. The predicted octanol–water partition coefficient (Wildman–Crippen LogP) is 3.89. The summed E-state index contributed by atoms with van der Waals surface area (Å²) < 4.78 is 13.1. The average molecular weight is 624 g/mol. The molecule has 12 heteroatoms. The Morgan fingerprint density at radius 1 is 0.978 bits per heavy atom. The topological polar surface area (TPSA) is 113 Å². The van der Waals surface area contributed by atoms with E-state index in [1.54, 1.807) is 7.11 Å². The van der Waals surface area contributed by atoms with Gasteiger partial charge in [-0.05, 0) is 37.1 Å². The third-order valence-corrected chi connectivity index (χ3v) is 9.54. The summed E-state index contributed by atoms with van der Waals surface area (Å²) in [7, 11) is 3.58. The molecule has 3 fully saturated rings. The normalized spacial score (nSPS) is 18.3. The number of hydrogen-bond acceptors (Lipinski definition) is 10. The van der Waals surface area contributed by atoms with Crippen LogP contribution in [0.3, 0.4) is 0 Å². The molecule has 2 N–H and O–H groups in total. The largest absolute Gasteiger partial charge is 0.494 e. The molecule has 5 heterocycles. The second-order valence-corrected chi connectivity index (χ2v) is 12.2. The van der Waals surface area contributed by atoms with Gasteiger partial charge in [-0.2, -0.15) is 5.10 Å². The number of nitrogens with one attached hydrogen (secondary N) is 2. The fourth-order valence-electron chi connectivity index (χ4n) is 6.80. The van der Waals surface area contributed by atoms with E-state index in [9.17, 15) is 4.79 Å². The number of methoxy groups -OCH3 is 1. The van der Waals surface area contributed by atoms with Crippen molar-refractivity contribution in [2.45, 2.75) is 24.9 Å². The molecule has 0 bridgehead atoms. The van der Waals surface area contributed by atoms with Crippen LogP contribution in [0, 0.1) is 0 Å². The standard InChI is InChI=1S/C34H41N9O3/c1-4-34(44)39-28-16-29(38-33-17-27(35-22-36-33)23-5-6-30-24(15-23)19-37-40(30)2)32(45-3)18-31(28)43-9-7-25(8-10-43)41-11-13-42(14-12-41)26-20-46-21-26/h4-6,15-19,22,25-26H,1,7-14,20-21H2,2-3H3,(H,39,44)(H,35,36,38). The summed E-state index contributed by atoms with van der Waals surface area (Å²) in [6, 6.07) is 13.1. The first-order valence-corrected chi connectivity index (χ1v) is 16.0. The minimum absolute atomic E-state index is 0.267. The average Bonchev–Trinajstić information content (AvgIpc) is 3.44. The maximum Gasteiger partial charge on any atom is 0.247 e. The van der Waals surface area contributed by atoms with Crippen molar-refractivity contribution in [3.05, 3.63) is 61.6 Å². The van der Waals surface area contributed by atoms with Crippen LogP contribution in [0.15, 0.2) is 61.6 Å². The molecule has 12 nitrogen and oxygen atoms in total. The predicted molar refractivity (Wildman–Crippen MR) is 180 cm³/mol. The van der Waals surface area contributed by atoms with Gasteiger partial charge in [0.2, 0.25) is 5.91 Å². The van der Waals surface area contributed by atoms with Crippen molar-refractivity contribution in [2.24, 2.45) is 7.05 Å². The molecule has 3 aliphatic rings. The number of anilines is 4. The lowest BCUT2D eigenvalue weighted by molar-refractivity contribution is -0.111. The lowest BCUT2D eigenvalue weighted by Crippen LogP contribution is -2.59. The van der Waals surface area contributed by atoms with Crippen molar-refractivity contribution in [3.8, 4) is 17.0 Å². The summed E-state index contributed by atoms with van der Waals surface area (Å²) >= 11 is 0. The number of carbonyl (C=O) groups excluding carboxylic acids is 1. The zero-order chi connectivity index (χ0) is 31.6. The minimum atomic E-state index is -0.267. The minimum Gasteiger partial charge on any atom is -0.494 e. The van der Waals surface area contributed by atoms with Crippen LogP contribution in [0.2, 0.25) is 0 Å². The molecule has 46 heavy (non-hydrogen) atoms. The van der Waals surface area contributed by atoms with Gasteiger partial charge in [0.15, 0.2) is 0 Å². The number of aromatic nitrogens is 4. The van der Waals surface area contributed by atoms with Crippen molar-refractivity contribution < 1.29 is 14.3 Å². The van der Waals surface area contributed by atoms with E-state index >= 15 is 0 Å². The summed E-state index contributed by atoms with van der Waals surface area (Å²) in [6.45, 7) is 11.7. The SMILES string of the molecule is C=CC(=O)Nc1cc(Nc2cc(-c3ccc4c(cnn4C)c3)ncn2)c(OC)cc1N1CCC(N2CCN(C3COC3)CC2)CC1. The number of ether oxygens (including phenoxy) is 2. The Bertz CT molecular complexity index is 1720. The summed E-state index contributed by atoms with van der Waals surface area (Å²) in [5.41, 5.74) is 5.10. The molecule has 2 aromatic heterocycles. The second kappa shape index (κ2) is 13.1. The third-order valence-electron chi connectivity index (χ3n) is 9.54.